The number of carbonyl (C=O) groups excluding carboxylic acids is 5. The molecule has 4 aromatic heterocycles. The van der Waals surface area contributed by atoms with Crippen LogP contribution in [0, 0.1) is 0 Å². The second-order valence-electron chi connectivity index (χ2n) is 25.8. The summed E-state index contributed by atoms with van der Waals surface area (Å²) in [5, 5.41) is 9.11. The normalized spacial score (nSPS) is 20.7. The minimum Gasteiger partial charge on any atom is -0.477 e. The SMILES string of the molecule is CCOc1ncccc1-c1ccc(N2C[C@H]3CN(c4ccc(Cl)cc4C(F)(F)F)C(=O)N3C[C@H]2CC)c(C(=O)NC[C@H]2CCN2)n1.CCOc1ncccc1-c1ccc(N2C[C@H]3CN(c4ccc(Cl)cc4C(F)(F)F)C(=O)N3C[C@H]2CC)c(C(=O)NC[C@H]2CCN2C(=O)OC(C)(C)C)n1. The van der Waals surface area contributed by atoms with Gasteiger partial charge < -0.3 is 54.7 Å². The molecule has 0 saturated carbocycles. The Balaban J connectivity index is 0.000000202. The van der Waals surface area contributed by atoms with Crippen LogP contribution < -0.4 is 45.0 Å². The van der Waals surface area contributed by atoms with Gasteiger partial charge in [-0.05, 0) is 152 Å². The van der Waals surface area contributed by atoms with Crippen molar-refractivity contribution < 1.29 is 64.5 Å². The van der Waals surface area contributed by atoms with Gasteiger partial charge in [0, 0.05) is 99.5 Å². The fraction of sp³-hybridized carbons (Fsp3) is 0.464. The molecule has 2 aromatic carbocycles. The molecule has 6 saturated heterocycles. The van der Waals surface area contributed by atoms with Crippen molar-refractivity contribution in [2.24, 2.45) is 0 Å². The number of anilines is 4. The van der Waals surface area contributed by atoms with Crippen LogP contribution in [0.3, 0.4) is 0 Å². The Morgan fingerprint density at radius 1 is 0.576 bits per heavy atom. The Labute approximate surface area is 579 Å². The molecule has 0 radical (unpaired) electrons. The van der Waals surface area contributed by atoms with Crippen LogP contribution in [0.1, 0.15) is 106 Å². The molecule has 6 aromatic rings. The van der Waals surface area contributed by atoms with Gasteiger partial charge in [-0.15, -0.1) is 0 Å². The van der Waals surface area contributed by atoms with Crippen LogP contribution in [0.15, 0.2) is 97.3 Å². The third-order valence-electron chi connectivity index (χ3n) is 18.3. The minimum atomic E-state index is -4.73. The summed E-state index contributed by atoms with van der Waals surface area (Å²) < 4.78 is 101. The number of ether oxygens (including phenoxy) is 3. The molecule has 30 heteroatoms. The molecule has 22 nitrogen and oxygen atoms in total. The lowest BCUT2D eigenvalue weighted by atomic mass is 10.0. The predicted molar refractivity (Wildman–Crippen MR) is 362 cm³/mol. The number of hydrogen-bond acceptors (Lipinski definition) is 15. The second kappa shape index (κ2) is 29.5. The van der Waals surface area contributed by atoms with Gasteiger partial charge in [0.2, 0.25) is 11.8 Å². The van der Waals surface area contributed by atoms with Crippen LogP contribution in [-0.2, 0) is 17.1 Å². The van der Waals surface area contributed by atoms with Crippen molar-refractivity contribution in [2.75, 3.05) is 98.3 Å². The molecule has 6 fully saturated rings. The van der Waals surface area contributed by atoms with Gasteiger partial charge >= 0.3 is 30.5 Å². The summed E-state index contributed by atoms with van der Waals surface area (Å²) >= 11 is 11.8. The summed E-state index contributed by atoms with van der Waals surface area (Å²) in [7, 11) is 0. The standard InChI is InChI=1S/C37H43ClF3N7O5.C32H35ClF3N7O3/c1-6-23-19-47-25(21-48(34(47)50)29-12-10-22(38)17-27(29)37(39,40)41)20-46(23)30-13-11-28(26-9-8-15-42-33(26)52-7-2)44-31(30)32(49)43-18-24-14-16-45(24)35(51)53-36(3,4)5;1-3-21-16-42-22(18-43(31(42)45)26-9-7-19(33)14-24(26)32(34,35)36)17-41(21)27-10-8-25(23-6-5-12-38-30(23)46-4-2)40-28(27)29(44)39-15-20-11-13-37-20/h8-13,15,17,23-25H,6-7,14,16,18-21H2,1-5H3,(H,43,49);5-10,12,14,20-22,37H,3-4,11,13,15-18H2,1-2H3,(H,39,44)/t23-,24-,25+;20-,21-,22+/m11/s1. The average molecular weight is 1420 g/mol. The Morgan fingerprint density at radius 3 is 1.40 bits per heavy atom. The first kappa shape index (κ1) is 71.4. The number of urea groups is 2. The van der Waals surface area contributed by atoms with E-state index in [1.165, 1.54) is 29.2 Å². The van der Waals surface area contributed by atoms with E-state index in [2.05, 4.69) is 30.8 Å². The predicted octanol–water partition coefficient (Wildman–Crippen LogP) is 12.1. The highest BCUT2D eigenvalue weighted by Gasteiger charge is 2.50. The Hall–Kier alpha value is -8.89. The van der Waals surface area contributed by atoms with Crippen molar-refractivity contribution in [3.05, 3.63) is 130 Å². The first-order valence-electron chi connectivity index (χ1n) is 33.1. The number of fused-ring (bicyclic) bond motifs is 2. The molecular formula is C69H78Cl2F6N14O8. The van der Waals surface area contributed by atoms with Gasteiger partial charge in [-0.2, -0.15) is 26.3 Å². The number of pyridine rings is 4. The topological polar surface area (TPSA) is 223 Å². The van der Waals surface area contributed by atoms with Gasteiger partial charge in [0.1, 0.15) is 5.60 Å². The number of hydrogen-bond donors (Lipinski definition) is 3. The maximum Gasteiger partial charge on any atom is 0.418 e. The van der Waals surface area contributed by atoms with Crippen molar-refractivity contribution in [3.8, 4) is 34.3 Å². The quantitative estimate of drug-likeness (QED) is 0.0681. The number of rotatable bonds is 18. The van der Waals surface area contributed by atoms with Crippen molar-refractivity contribution >= 4 is 75.9 Å². The molecule has 0 spiro atoms. The van der Waals surface area contributed by atoms with Crippen LogP contribution in [0.4, 0.5) is 63.5 Å². The van der Waals surface area contributed by atoms with Crippen molar-refractivity contribution in [1.82, 2.24) is 50.6 Å². The summed E-state index contributed by atoms with van der Waals surface area (Å²) in [6.45, 7) is 16.9. The molecular weight excluding hydrogens is 1340 g/mol. The van der Waals surface area contributed by atoms with Crippen LogP contribution in [-0.4, -0.2) is 185 Å². The number of carbonyl (C=O) groups is 5. The molecule has 3 N–H and O–H groups in total. The zero-order chi connectivity index (χ0) is 70.8. The first-order chi connectivity index (χ1) is 47.2. The van der Waals surface area contributed by atoms with Crippen molar-refractivity contribution in [2.45, 2.75) is 128 Å². The van der Waals surface area contributed by atoms with Gasteiger partial charge in [-0.3, -0.25) is 19.4 Å². The van der Waals surface area contributed by atoms with E-state index in [0.717, 1.165) is 30.0 Å². The maximum atomic E-state index is 14.2. The van der Waals surface area contributed by atoms with Gasteiger partial charge in [0.05, 0.1) is 87.7 Å². The van der Waals surface area contributed by atoms with Gasteiger partial charge in [-0.25, -0.2) is 34.3 Å². The monoisotopic (exact) mass is 1410 g/mol. The summed E-state index contributed by atoms with van der Waals surface area (Å²) in [4.78, 5) is 97.6. The Bertz CT molecular complexity index is 3990. The largest absolute Gasteiger partial charge is 0.477 e. The molecule has 0 aliphatic carbocycles. The first-order valence-corrected chi connectivity index (χ1v) is 33.8. The van der Waals surface area contributed by atoms with E-state index in [-0.39, 0.29) is 102 Å². The van der Waals surface area contributed by atoms with Gasteiger partial charge in [0.25, 0.3) is 11.8 Å². The third-order valence-corrected chi connectivity index (χ3v) is 18.8. The molecule has 6 aliphatic rings. The number of alkyl halides is 6. The van der Waals surface area contributed by atoms with Crippen molar-refractivity contribution in [3.63, 3.8) is 0 Å². The molecule has 0 unspecified atom stereocenters. The number of piperazine rings is 2. The lowest BCUT2D eigenvalue weighted by Gasteiger charge is -2.44. The fourth-order valence-electron chi connectivity index (χ4n) is 13.2. The minimum absolute atomic E-state index is 0.000890. The number of likely N-dealkylation sites (tertiary alicyclic amines) is 1. The molecule has 10 heterocycles. The lowest BCUT2D eigenvalue weighted by Crippen LogP contribution is -2.58. The number of aromatic nitrogens is 4. The number of amides is 7. The van der Waals surface area contributed by atoms with Gasteiger partial charge in [-0.1, -0.05) is 37.0 Å². The van der Waals surface area contributed by atoms with Crippen LogP contribution >= 0.6 is 23.2 Å². The summed E-state index contributed by atoms with van der Waals surface area (Å²) in [5.41, 5.74) is 0.518. The van der Waals surface area contributed by atoms with E-state index >= 15 is 0 Å². The van der Waals surface area contributed by atoms with Crippen LogP contribution in [0.5, 0.6) is 11.8 Å². The van der Waals surface area contributed by atoms with Gasteiger partial charge in [0.15, 0.2) is 11.4 Å². The van der Waals surface area contributed by atoms with Crippen molar-refractivity contribution in [1.29, 1.82) is 0 Å². The number of benzene rings is 2. The van der Waals surface area contributed by atoms with E-state index in [9.17, 15) is 50.3 Å². The zero-order valence-electron chi connectivity index (χ0n) is 55.7. The number of nitrogens with zero attached hydrogens (tertiary/aromatic N) is 11. The number of halogens is 8. The molecule has 6 aliphatic heterocycles. The highest BCUT2D eigenvalue weighted by Crippen LogP contribution is 2.44. The van der Waals surface area contributed by atoms with E-state index in [1.807, 2.05) is 50.8 Å². The molecule has 6 atom stereocenters. The van der Waals surface area contributed by atoms with Crippen LogP contribution in [0.25, 0.3) is 22.5 Å². The zero-order valence-corrected chi connectivity index (χ0v) is 57.2. The maximum absolute atomic E-state index is 14.2. The molecule has 12 rings (SSSR count). The lowest BCUT2D eigenvalue weighted by molar-refractivity contribution is -0.137. The fourth-order valence-corrected chi connectivity index (χ4v) is 13.6. The summed E-state index contributed by atoms with van der Waals surface area (Å²) in [5.74, 6) is -0.0589. The van der Waals surface area contributed by atoms with E-state index < -0.39 is 65.2 Å². The third kappa shape index (κ3) is 15.5. The molecule has 0 bridgehead atoms. The molecule has 528 valence electrons. The highest BCUT2D eigenvalue weighted by atomic mass is 35.5. The van der Waals surface area contributed by atoms with E-state index in [0.29, 0.717) is 97.8 Å². The van der Waals surface area contributed by atoms with Crippen LogP contribution in [0.2, 0.25) is 10.0 Å². The summed E-state index contributed by atoms with van der Waals surface area (Å²) in [6.07, 6.45) is -3.80. The second-order valence-corrected chi connectivity index (χ2v) is 26.7. The van der Waals surface area contributed by atoms with E-state index in [4.69, 9.17) is 47.4 Å². The Morgan fingerprint density at radius 2 is 1.02 bits per heavy atom. The smallest absolute Gasteiger partial charge is 0.418 e. The molecule has 7 amide bonds. The Kier molecular flexibility index (Phi) is 21.3. The highest BCUT2D eigenvalue weighted by molar-refractivity contribution is 6.31. The average Bonchev–Trinajstić information content (AvgIpc) is 1.65. The molecule has 99 heavy (non-hydrogen) atoms. The number of nitrogens with one attached hydrogen (secondary N) is 3. The van der Waals surface area contributed by atoms with E-state index in [1.54, 1.807) is 78.2 Å². The summed E-state index contributed by atoms with van der Waals surface area (Å²) in [6, 6.07) is 18.7.